The van der Waals surface area contributed by atoms with E-state index in [1.807, 2.05) is 24.3 Å². The van der Waals surface area contributed by atoms with Crippen molar-refractivity contribution in [2.24, 2.45) is 4.99 Å². The summed E-state index contributed by atoms with van der Waals surface area (Å²) < 4.78 is 0. The van der Waals surface area contributed by atoms with Crippen molar-refractivity contribution in [2.75, 3.05) is 0 Å². The molecule has 1 aromatic heterocycles. The van der Waals surface area contributed by atoms with E-state index in [1.165, 1.54) is 18.3 Å². The van der Waals surface area contributed by atoms with Gasteiger partial charge in [0.2, 0.25) is 5.88 Å². The van der Waals surface area contributed by atoms with Gasteiger partial charge in [-0.25, -0.2) is 0 Å². The number of halogens is 1. The average molecular weight is 421 g/mol. The Morgan fingerprint density at radius 1 is 0.867 bits per heavy atom. The highest BCUT2D eigenvalue weighted by atomic mass is 35.5. The van der Waals surface area contributed by atoms with E-state index in [9.17, 15) is 20.1 Å². The molecule has 0 spiro atoms. The number of nitrogens with one attached hydrogen (secondary N) is 1. The van der Waals surface area contributed by atoms with E-state index < -0.39 is 5.56 Å². The number of hydrogen-bond acceptors (Lipinski definition) is 5. The fraction of sp³-hybridized carbons (Fsp3) is 0.0435. The second-order valence-electron chi connectivity index (χ2n) is 6.78. The number of aromatic nitrogens is 1. The fourth-order valence-electron chi connectivity index (χ4n) is 3.20. The smallest absolute Gasteiger partial charge is 0.258 e. The number of H-pyrrole nitrogens is 1. The van der Waals surface area contributed by atoms with E-state index >= 15 is 0 Å². The van der Waals surface area contributed by atoms with Gasteiger partial charge in [0.05, 0.1) is 12.1 Å². The number of hydrogen-bond donors (Lipinski definition) is 4. The lowest BCUT2D eigenvalue weighted by molar-refractivity contribution is 0.403. The van der Waals surface area contributed by atoms with Gasteiger partial charge < -0.3 is 15.3 Å². The molecule has 0 unspecified atom stereocenters. The molecule has 0 aliphatic carbocycles. The maximum atomic E-state index is 12.3. The molecular formula is C23H17ClN2O4. The van der Waals surface area contributed by atoms with Crippen LogP contribution in [-0.4, -0.2) is 26.5 Å². The third-order valence-corrected chi connectivity index (χ3v) is 5.01. The molecule has 150 valence electrons. The number of aromatic hydroxyl groups is 3. The zero-order chi connectivity index (χ0) is 21.3. The largest absolute Gasteiger partial charge is 0.504 e. The predicted octanol–water partition coefficient (Wildman–Crippen LogP) is 4.58. The summed E-state index contributed by atoms with van der Waals surface area (Å²) in [5, 5.41) is 30.9. The molecule has 0 saturated carbocycles. The van der Waals surface area contributed by atoms with Crippen LogP contribution in [0.1, 0.15) is 11.1 Å². The van der Waals surface area contributed by atoms with Crippen molar-refractivity contribution in [3.05, 3.63) is 87.2 Å². The normalized spacial score (nSPS) is 11.4. The molecule has 0 saturated heterocycles. The van der Waals surface area contributed by atoms with Crippen molar-refractivity contribution in [2.45, 2.75) is 6.54 Å². The first-order valence-corrected chi connectivity index (χ1v) is 9.46. The van der Waals surface area contributed by atoms with Crippen LogP contribution >= 0.6 is 11.6 Å². The van der Waals surface area contributed by atoms with E-state index in [2.05, 4.69) is 9.98 Å². The number of nitrogens with zero attached hydrogens (tertiary/aromatic N) is 1. The Hall–Kier alpha value is -3.77. The average Bonchev–Trinajstić information content (AvgIpc) is 2.73. The van der Waals surface area contributed by atoms with Crippen LogP contribution in [0.25, 0.3) is 21.9 Å². The van der Waals surface area contributed by atoms with Crippen LogP contribution in [0.5, 0.6) is 17.4 Å². The minimum absolute atomic E-state index is 0.207. The summed E-state index contributed by atoms with van der Waals surface area (Å²) in [6, 6.07) is 17.1. The van der Waals surface area contributed by atoms with E-state index in [-0.39, 0.29) is 23.9 Å². The molecular weight excluding hydrogens is 404 g/mol. The molecule has 3 aromatic carbocycles. The molecule has 0 bridgehead atoms. The third kappa shape index (κ3) is 3.86. The monoisotopic (exact) mass is 420 g/mol. The van der Waals surface area contributed by atoms with Crippen LogP contribution in [0.2, 0.25) is 5.02 Å². The molecule has 0 aliphatic heterocycles. The summed E-state index contributed by atoms with van der Waals surface area (Å²) in [6.07, 6.45) is 1.48. The maximum absolute atomic E-state index is 12.3. The summed E-state index contributed by atoms with van der Waals surface area (Å²) in [4.78, 5) is 19.0. The Balaban J connectivity index is 1.75. The molecule has 4 rings (SSSR count). The van der Waals surface area contributed by atoms with E-state index in [0.717, 1.165) is 11.1 Å². The van der Waals surface area contributed by atoms with Gasteiger partial charge >= 0.3 is 0 Å². The van der Waals surface area contributed by atoms with Crippen LogP contribution in [-0.2, 0) is 6.54 Å². The molecule has 0 amide bonds. The topological polar surface area (TPSA) is 106 Å². The Bertz CT molecular complexity index is 1330. The van der Waals surface area contributed by atoms with Crippen molar-refractivity contribution < 1.29 is 15.3 Å². The quantitative estimate of drug-likeness (QED) is 0.286. The maximum Gasteiger partial charge on any atom is 0.258 e. The van der Waals surface area contributed by atoms with Gasteiger partial charge in [-0.2, -0.15) is 0 Å². The number of aliphatic imine (C=N–C) groups is 1. The number of pyridine rings is 1. The molecule has 7 heteroatoms. The van der Waals surface area contributed by atoms with Crippen molar-refractivity contribution in [3.63, 3.8) is 0 Å². The summed E-state index contributed by atoms with van der Waals surface area (Å²) in [6.45, 7) is 0.213. The van der Waals surface area contributed by atoms with Gasteiger partial charge in [0.1, 0.15) is 0 Å². The summed E-state index contributed by atoms with van der Waals surface area (Å²) in [5.74, 6) is -0.715. The number of phenolic OH excluding ortho intramolecular Hbond substituents is 2. The van der Waals surface area contributed by atoms with Crippen molar-refractivity contribution in [1.82, 2.24) is 4.98 Å². The lowest BCUT2D eigenvalue weighted by Gasteiger charge is -2.08. The summed E-state index contributed by atoms with van der Waals surface area (Å²) in [7, 11) is 0. The van der Waals surface area contributed by atoms with Crippen molar-refractivity contribution in [1.29, 1.82) is 0 Å². The van der Waals surface area contributed by atoms with Gasteiger partial charge in [0.25, 0.3) is 5.56 Å². The first-order valence-electron chi connectivity index (χ1n) is 9.08. The highest BCUT2D eigenvalue weighted by Gasteiger charge is 2.11. The lowest BCUT2D eigenvalue weighted by Crippen LogP contribution is -2.08. The second kappa shape index (κ2) is 7.93. The third-order valence-electron chi connectivity index (χ3n) is 4.75. The van der Waals surface area contributed by atoms with Gasteiger partial charge in [-0.05, 0) is 53.1 Å². The number of fused-ring (bicyclic) bond motifs is 1. The Kier molecular flexibility index (Phi) is 5.16. The highest BCUT2D eigenvalue weighted by Crippen LogP contribution is 2.28. The molecule has 4 aromatic rings. The van der Waals surface area contributed by atoms with Gasteiger partial charge in [-0.3, -0.25) is 14.8 Å². The summed E-state index contributed by atoms with van der Waals surface area (Å²) >= 11 is 5.96. The van der Waals surface area contributed by atoms with Crippen LogP contribution in [0.15, 0.2) is 70.5 Å². The molecule has 4 N–H and O–H groups in total. The van der Waals surface area contributed by atoms with Crippen molar-refractivity contribution >= 4 is 28.6 Å². The molecule has 1 heterocycles. The van der Waals surface area contributed by atoms with E-state index in [4.69, 9.17) is 11.6 Å². The Morgan fingerprint density at radius 2 is 1.60 bits per heavy atom. The van der Waals surface area contributed by atoms with Crippen LogP contribution in [0, 0.1) is 0 Å². The van der Waals surface area contributed by atoms with Crippen LogP contribution in [0.3, 0.4) is 0 Å². The van der Waals surface area contributed by atoms with E-state index in [1.54, 1.807) is 24.3 Å². The lowest BCUT2D eigenvalue weighted by atomic mass is 10.00. The minimum Gasteiger partial charge on any atom is -0.504 e. The fourth-order valence-corrected chi connectivity index (χ4v) is 3.32. The Morgan fingerprint density at radius 3 is 2.33 bits per heavy atom. The van der Waals surface area contributed by atoms with Gasteiger partial charge in [0.15, 0.2) is 11.5 Å². The first kappa shape index (κ1) is 19.5. The first-order chi connectivity index (χ1) is 14.4. The number of rotatable bonds is 4. The van der Waals surface area contributed by atoms with Crippen LogP contribution in [0.4, 0.5) is 0 Å². The number of aromatic amines is 1. The van der Waals surface area contributed by atoms with Gasteiger partial charge in [-0.1, -0.05) is 35.9 Å². The van der Waals surface area contributed by atoms with Crippen molar-refractivity contribution in [3.8, 4) is 28.5 Å². The summed E-state index contributed by atoms with van der Waals surface area (Å²) in [5.41, 5.74) is 2.44. The van der Waals surface area contributed by atoms with Gasteiger partial charge in [0, 0.05) is 22.0 Å². The molecule has 6 nitrogen and oxygen atoms in total. The predicted molar refractivity (Wildman–Crippen MR) is 118 cm³/mol. The number of benzene rings is 3. The molecule has 0 atom stereocenters. The standard InChI is InChI=1S/C23H17ClN2O4/c24-16-5-2-14(3-6-16)15-4-7-17-18(10-15)19(23(30)26-22(17)29)12-25-11-13-1-8-20(27)21(28)9-13/h1-10,12,27-28H,11H2,(H2,26,29,30). The van der Waals surface area contributed by atoms with Gasteiger partial charge in [-0.15, -0.1) is 0 Å². The zero-order valence-corrected chi connectivity index (χ0v) is 16.4. The zero-order valence-electron chi connectivity index (χ0n) is 15.6. The minimum atomic E-state index is -0.397. The highest BCUT2D eigenvalue weighted by molar-refractivity contribution is 6.30. The Labute approximate surface area is 176 Å². The van der Waals surface area contributed by atoms with Crippen LogP contribution < -0.4 is 5.56 Å². The SMILES string of the molecule is O=c1[nH]c(O)c(C=NCc2ccc(O)c(O)c2)c2cc(-c3ccc(Cl)cc3)ccc12. The number of phenols is 2. The molecule has 0 radical (unpaired) electrons. The molecule has 0 aliphatic rings. The molecule has 30 heavy (non-hydrogen) atoms. The second-order valence-corrected chi connectivity index (χ2v) is 7.21. The van der Waals surface area contributed by atoms with E-state index in [0.29, 0.717) is 26.9 Å². The molecule has 0 fully saturated rings.